The fraction of sp³-hybridized carbons (Fsp3) is 0.500. The molecule has 0 saturated carbocycles. The van der Waals surface area contributed by atoms with E-state index in [2.05, 4.69) is 15.3 Å². The third-order valence-electron chi connectivity index (χ3n) is 3.37. The number of anilines is 1. The van der Waals surface area contributed by atoms with Crippen molar-refractivity contribution >= 4 is 17.8 Å². The lowest BCUT2D eigenvalue weighted by Gasteiger charge is -2.21. The molecule has 102 valence electrons. The number of carbonyl (C=O) groups excluding carboxylic acids is 1. The van der Waals surface area contributed by atoms with Crippen LogP contribution in [0.4, 0.5) is 5.95 Å². The van der Waals surface area contributed by atoms with Crippen molar-refractivity contribution < 1.29 is 14.7 Å². The first kappa shape index (κ1) is 13.4. The molecule has 2 rings (SSSR count). The van der Waals surface area contributed by atoms with Gasteiger partial charge in [-0.2, -0.15) is 0 Å². The molecule has 1 aliphatic heterocycles. The fourth-order valence-electron chi connectivity index (χ4n) is 2.27. The summed E-state index contributed by atoms with van der Waals surface area (Å²) >= 11 is 0. The van der Waals surface area contributed by atoms with Gasteiger partial charge >= 0.3 is 5.97 Å². The maximum Gasteiger partial charge on any atom is 0.308 e. The first-order valence-electron chi connectivity index (χ1n) is 6.11. The van der Waals surface area contributed by atoms with Gasteiger partial charge in [-0.25, -0.2) is 9.97 Å². The maximum absolute atomic E-state index is 11.8. The number of carbonyl (C=O) groups is 2. The molecule has 1 aromatic heterocycles. The molecule has 0 aromatic carbocycles. The van der Waals surface area contributed by atoms with Crippen LogP contribution < -0.4 is 5.32 Å². The summed E-state index contributed by atoms with van der Waals surface area (Å²) in [6.07, 6.45) is 3.66. The molecule has 0 spiro atoms. The summed E-state index contributed by atoms with van der Waals surface area (Å²) < 4.78 is 0. The number of hydrogen-bond donors (Lipinski definition) is 2. The lowest BCUT2D eigenvalue weighted by Crippen LogP contribution is -2.38. The molecule has 2 unspecified atom stereocenters. The Morgan fingerprint density at radius 1 is 1.47 bits per heavy atom. The number of likely N-dealkylation sites (tertiary alicyclic amines) is 1. The number of carboxylic acid groups (broad SMARTS) is 1. The Morgan fingerprint density at radius 3 is 2.74 bits per heavy atom. The standard InChI is InChI=1S/C12H16N4O3/c1-8-9(11(18)19)3-6-16(8)7-10(17)15-12-13-4-2-5-14-12/h2,4-5,8-9H,3,6-7H2,1H3,(H,18,19)(H,13,14,15,17). The number of amides is 1. The van der Waals surface area contributed by atoms with Crippen molar-refractivity contribution in [3.8, 4) is 0 Å². The van der Waals surface area contributed by atoms with E-state index in [0.717, 1.165) is 0 Å². The summed E-state index contributed by atoms with van der Waals surface area (Å²) in [5.41, 5.74) is 0. The summed E-state index contributed by atoms with van der Waals surface area (Å²) in [6, 6.07) is 1.52. The lowest BCUT2D eigenvalue weighted by molar-refractivity contribution is -0.142. The second-order valence-electron chi connectivity index (χ2n) is 4.57. The van der Waals surface area contributed by atoms with Crippen molar-refractivity contribution in [2.75, 3.05) is 18.4 Å². The predicted octanol–water partition coefficient (Wildman–Crippen LogP) is 0.210. The van der Waals surface area contributed by atoms with Gasteiger partial charge in [-0.3, -0.25) is 19.8 Å². The molecular formula is C12H16N4O3. The van der Waals surface area contributed by atoms with Crippen LogP contribution in [0, 0.1) is 5.92 Å². The minimum atomic E-state index is -0.804. The summed E-state index contributed by atoms with van der Waals surface area (Å²) in [6.45, 7) is 2.60. The van der Waals surface area contributed by atoms with Gasteiger partial charge < -0.3 is 5.11 Å². The highest BCUT2D eigenvalue weighted by Crippen LogP contribution is 2.23. The van der Waals surface area contributed by atoms with E-state index >= 15 is 0 Å². The van der Waals surface area contributed by atoms with Gasteiger partial charge in [0.05, 0.1) is 12.5 Å². The van der Waals surface area contributed by atoms with E-state index in [-0.39, 0.29) is 24.4 Å². The molecule has 1 aromatic rings. The van der Waals surface area contributed by atoms with E-state index in [1.54, 1.807) is 18.5 Å². The highest BCUT2D eigenvalue weighted by atomic mass is 16.4. The molecule has 2 heterocycles. The van der Waals surface area contributed by atoms with Gasteiger partial charge in [-0.05, 0) is 26.0 Å². The predicted molar refractivity (Wildman–Crippen MR) is 67.4 cm³/mol. The number of carboxylic acids is 1. The number of aromatic nitrogens is 2. The van der Waals surface area contributed by atoms with Crippen molar-refractivity contribution in [2.45, 2.75) is 19.4 Å². The Balaban J connectivity index is 1.88. The van der Waals surface area contributed by atoms with Crippen LogP contribution in [0.3, 0.4) is 0 Å². The SMILES string of the molecule is CC1C(C(=O)O)CCN1CC(=O)Nc1ncccn1. The first-order valence-corrected chi connectivity index (χ1v) is 6.11. The smallest absolute Gasteiger partial charge is 0.308 e. The molecule has 0 radical (unpaired) electrons. The largest absolute Gasteiger partial charge is 0.481 e. The average molecular weight is 264 g/mol. The Hall–Kier alpha value is -2.02. The summed E-state index contributed by atoms with van der Waals surface area (Å²) in [7, 11) is 0. The molecule has 0 aliphatic carbocycles. The van der Waals surface area contributed by atoms with Crippen molar-refractivity contribution in [3.63, 3.8) is 0 Å². The first-order chi connectivity index (χ1) is 9.08. The van der Waals surface area contributed by atoms with Crippen LogP contribution in [0.15, 0.2) is 18.5 Å². The minimum Gasteiger partial charge on any atom is -0.481 e. The quantitative estimate of drug-likeness (QED) is 0.807. The number of rotatable bonds is 4. The molecule has 1 saturated heterocycles. The van der Waals surface area contributed by atoms with Crippen molar-refractivity contribution in [2.24, 2.45) is 5.92 Å². The van der Waals surface area contributed by atoms with Crippen LogP contribution in [0.2, 0.25) is 0 Å². The molecule has 19 heavy (non-hydrogen) atoms. The van der Waals surface area contributed by atoms with E-state index in [9.17, 15) is 9.59 Å². The van der Waals surface area contributed by atoms with E-state index in [4.69, 9.17) is 5.11 Å². The van der Waals surface area contributed by atoms with Crippen LogP contribution >= 0.6 is 0 Å². The average Bonchev–Trinajstić information content (AvgIpc) is 2.72. The zero-order valence-corrected chi connectivity index (χ0v) is 10.6. The Bertz CT molecular complexity index is 465. The molecule has 7 nitrogen and oxygen atoms in total. The van der Waals surface area contributed by atoms with Gasteiger partial charge in [0.15, 0.2) is 0 Å². The van der Waals surface area contributed by atoms with Crippen molar-refractivity contribution in [1.29, 1.82) is 0 Å². The van der Waals surface area contributed by atoms with Gasteiger partial charge in [0.1, 0.15) is 0 Å². The fourth-order valence-corrected chi connectivity index (χ4v) is 2.27. The summed E-state index contributed by atoms with van der Waals surface area (Å²) in [5.74, 6) is -1.18. The van der Waals surface area contributed by atoms with E-state index in [1.807, 2.05) is 11.8 Å². The summed E-state index contributed by atoms with van der Waals surface area (Å²) in [4.78, 5) is 32.5. The molecule has 0 bridgehead atoms. The van der Waals surface area contributed by atoms with Crippen LogP contribution in [0.1, 0.15) is 13.3 Å². The normalized spacial score (nSPS) is 23.2. The highest BCUT2D eigenvalue weighted by molar-refractivity contribution is 5.90. The molecule has 2 atom stereocenters. The van der Waals surface area contributed by atoms with Crippen molar-refractivity contribution in [3.05, 3.63) is 18.5 Å². The van der Waals surface area contributed by atoms with Crippen molar-refractivity contribution in [1.82, 2.24) is 14.9 Å². The lowest BCUT2D eigenvalue weighted by atomic mass is 10.0. The molecular weight excluding hydrogens is 248 g/mol. The number of hydrogen-bond acceptors (Lipinski definition) is 5. The van der Waals surface area contributed by atoms with Crippen LogP contribution in [0.5, 0.6) is 0 Å². The minimum absolute atomic E-state index is 0.139. The maximum atomic E-state index is 11.8. The number of nitrogens with zero attached hydrogens (tertiary/aromatic N) is 3. The Kier molecular flexibility index (Phi) is 4.06. The second kappa shape index (κ2) is 5.75. The molecule has 2 N–H and O–H groups in total. The van der Waals surface area contributed by atoms with E-state index < -0.39 is 11.9 Å². The molecule has 1 amide bonds. The third kappa shape index (κ3) is 3.25. The molecule has 1 fully saturated rings. The van der Waals surface area contributed by atoms with Crippen LogP contribution in [-0.2, 0) is 9.59 Å². The zero-order valence-electron chi connectivity index (χ0n) is 10.6. The monoisotopic (exact) mass is 264 g/mol. The third-order valence-corrected chi connectivity index (χ3v) is 3.37. The number of aliphatic carboxylic acids is 1. The number of nitrogens with one attached hydrogen (secondary N) is 1. The van der Waals surface area contributed by atoms with E-state index in [1.165, 1.54) is 0 Å². The van der Waals surface area contributed by atoms with Gasteiger partial charge in [0, 0.05) is 18.4 Å². The zero-order chi connectivity index (χ0) is 13.8. The highest BCUT2D eigenvalue weighted by Gasteiger charge is 2.36. The Morgan fingerprint density at radius 2 is 2.16 bits per heavy atom. The molecule has 1 aliphatic rings. The second-order valence-corrected chi connectivity index (χ2v) is 4.57. The van der Waals surface area contributed by atoms with Gasteiger partial charge in [0.2, 0.25) is 11.9 Å². The van der Waals surface area contributed by atoms with Crippen LogP contribution in [-0.4, -0.2) is 51.0 Å². The van der Waals surface area contributed by atoms with Gasteiger partial charge in [-0.1, -0.05) is 0 Å². The van der Waals surface area contributed by atoms with Gasteiger partial charge in [-0.15, -0.1) is 0 Å². The summed E-state index contributed by atoms with van der Waals surface area (Å²) in [5, 5.41) is 11.6. The Labute approximate surface area is 110 Å². The van der Waals surface area contributed by atoms with Gasteiger partial charge in [0.25, 0.3) is 0 Å². The van der Waals surface area contributed by atoms with Crippen LogP contribution in [0.25, 0.3) is 0 Å². The topological polar surface area (TPSA) is 95.4 Å². The van der Waals surface area contributed by atoms with E-state index in [0.29, 0.717) is 13.0 Å². The molecule has 7 heteroatoms.